The Bertz CT molecular complexity index is 2000. The molecule has 9 heteroatoms. The molecule has 0 radical (unpaired) electrons. The summed E-state index contributed by atoms with van der Waals surface area (Å²) in [5, 5.41) is 11.8. The molecule has 0 aliphatic heterocycles. The predicted octanol–water partition coefficient (Wildman–Crippen LogP) is 19.3. The lowest BCUT2D eigenvalue weighted by Crippen LogP contribution is -2.44. The van der Waals surface area contributed by atoms with E-state index in [1.807, 2.05) is 21.1 Å². The summed E-state index contributed by atoms with van der Waals surface area (Å²) in [7, 11) is 5.91. The third-order valence-corrected chi connectivity index (χ3v) is 13.5. The second kappa shape index (κ2) is 64.6. The maximum Gasteiger partial charge on any atom is 0.306 e. The minimum atomic E-state index is -1.64. The zero-order chi connectivity index (χ0) is 61.9. The van der Waals surface area contributed by atoms with Crippen LogP contribution in [0.2, 0.25) is 0 Å². The summed E-state index contributed by atoms with van der Waals surface area (Å²) < 4.78 is 22.7. The summed E-state index contributed by atoms with van der Waals surface area (Å²) >= 11 is 0. The average Bonchev–Trinajstić information content (AvgIpc) is 3.49. The number of unbranched alkanes of at least 4 members (excludes halogenated alkanes) is 16. The Hall–Kier alpha value is -5.35. The molecule has 0 N–H and O–H groups in total. The fourth-order valence-electron chi connectivity index (χ4n) is 8.44. The molecule has 0 spiro atoms. The monoisotopic (exact) mass is 1180 g/mol. The smallest absolute Gasteiger partial charge is 0.306 e. The quantitative estimate of drug-likeness (QED) is 0.0195. The molecule has 0 saturated carbocycles. The molecule has 85 heavy (non-hydrogen) atoms. The molecular formula is C76H121NO8. The minimum Gasteiger partial charge on any atom is -0.545 e. The summed E-state index contributed by atoms with van der Waals surface area (Å²) in [6.07, 6.45) is 94.1. The Morgan fingerprint density at radius 3 is 0.941 bits per heavy atom. The van der Waals surface area contributed by atoms with Gasteiger partial charge in [0.05, 0.1) is 40.3 Å². The van der Waals surface area contributed by atoms with E-state index >= 15 is 0 Å². The lowest BCUT2D eigenvalue weighted by atomic mass is 10.1. The molecule has 0 bridgehead atoms. The van der Waals surface area contributed by atoms with Crippen molar-refractivity contribution in [1.29, 1.82) is 0 Å². The van der Waals surface area contributed by atoms with Crippen molar-refractivity contribution in [3.63, 3.8) is 0 Å². The van der Waals surface area contributed by atoms with Crippen molar-refractivity contribution in [3.8, 4) is 0 Å². The third-order valence-electron chi connectivity index (χ3n) is 13.5. The number of likely N-dealkylation sites (N-methyl/N-ethyl adjacent to an activating group) is 1. The summed E-state index contributed by atoms with van der Waals surface area (Å²) in [6.45, 7) is 4.48. The number of allylic oxidation sites excluding steroid dienone is 28. The molecule has 0 heterocycles. The van der Waals surface area contributed by atoms with Crippen molar-refractivity contribution >= 4 is 17.9 Å². The minimum absolute atomic E-state index is 0.134. The van der Waals surface area contributed by atoms with Crippen LogP contribution in [0.1, 0.15) is 232 Å². The summed E-state index contributed by atoms with van der Waals surface area (Å²) in [5.74, 6) is -2.33. The van der Waals surface area contributed by atoms with E-state index in [-0.39, 0.29) is 38.6 Å². The van der Waals surface area contributed by atoms with Crippen molar-refractivity contribution in [1.82, 2.24) is 0 Å². The van der Waals surface area contributed by atoms with E-state index in [2.05, 4.69) is 184 Å². The standard InChI is InChI=1S/C76H121NO8/c1-6-8-10-12-14-16-18-20-22-24-26-28-30-32-34-36-37-39-41-43-45-47-49-51-53-55-57-59-61-63-65-67-74(79)85-72(71-84-76(75(80)81)82-69-68-77(3,4)5)70-83-73(78)66-64-62-60-58-56-54-52-50-48-46-44-42-40-38-35-33-31-29-27-25-23-21-19-17-15-13-11-9-7-2/h8-11,14-17,20-23,26-29,32-35,37,39-40,42-43,45,49,51,72,76H,6-7,12-13,18-19,24-25,30-31,36,38,41,44,46-48,50,52-71H2,1-5H3/b10-8-,11-9-,16-14-,17-15-,22-20-,23-21-,28-26-,29-27-,34-32-,35-33-,39-37-,42-40-,45-43-,51-49-. The molecule has 0 rings (SSSR count). The summed E-state index contributed by atoms with van der Waals surface area (Å²) in [4.78, 5) is 37.5. The highest BCUT2D eigenvalue weighted by atomic mass is 16.7. The van der Waals surface area contributed by atoms with Crippen LogP contribution in [0.5, 0.6) is 0 Å². The van der Waals surface area contributed by atoms with Crippen LogP contribution in [0.4, 0.5) is 0 Å². The van der Waals surface area contributed by atoms with Gasteiger partial charge in [-0.05, 0) is 128 Å². The summed E-state index contributed by atoms with van der Waals surface area (Å²) in [5.41, 5.74) is 0. The lowest BCUT2D eigenvalue weighted by molar-refractivity contribution is -0.870. The molecule has 478 valence electrons. The molecule has 0 aromatic carbocycles. The predicted molar refractivity (Wildman–Crippen MR) is 361 cm³/mol. The number of carbonyl (C=O) groups excluding carboxylic acids is 3. The largest absolute Gasteiger partial charge is 0.545 e. The number of carboxylic acids is 1. The zero-order valence-corrected chi connectivity index (χ0v) is 54.4. The van der Waals surface area contributed by atoms with Gasteiger partial charge in [0.1, 0.15) is 13.2 Å². The number of nitrogens with zero attached hydrogens (tertiary/aromatic N) is 1. The SMILES string of the molecule is CC/C=C\C/C=C\C/C=C\C/C=C\C/C=C\C/C=C\C/C=C\C/C=C\CCCCCCCCC(=O)OC(COC(=O)CCCCCCCCCCCC/C=C\C/C=C\C/C=C\C/C=C\C/C=C\C/C=C\CC)COC(OCC[N+](C)(C)C)C(=O)[O-]. The van der Waals surface area contributed by atoms with Gasteiger partial charge in [-0.1, -0.05) is 261 Å². The summed E-state index contributed by atoms with van der Waals surface area (Å²) in [6, 6.07) is 0. The highest BCUT2D eigenvalue weighted by Gasteiger charge is 2.22. The van der Waals surface area contributed by atoms with Gasteiger partial charge < -0.3 is 33.3 Å². The van der Waals surface area contributed by atoms with Crippen molar-refractivity contribution in [2.75, 3.05) is 47.5 Å². The van der Waals surface area contributed by atoms with Gasteiger partial charge in [0, 0.05) is 12.8 Å². The van der Waals surface area contributed by atoms with E-state index in [9.17, 15) is 19.5 Å². The number of ether oxygens (including phenoxy) is 4. The van der Waals surface area contributed by atoms with E-state index < -0.39 is 24.3 Å². The number of carboxylic acid groups (broad SMARTS) is 1. The molecule has 0 aliphatic rings. The second-order valence-corrected chi connectivity index (χ2v) is 22.6. The van der Waals surface area contributed by atoms with E-state index in [0.717, 1.165) is 161 Å². The number of esters is 2. The van der Waals surface area contributed by atoms with Crippen molar-refractivity contribution in [2.45, 2.75) is 245 Å². The van der Waals surface area contributed by atoms with Crippen LogP contribution in [-0.2, 0) is 33.3 Å². The van der Waals surface area contributed by atoms with Crippen LogP contribution in [-0.4, -0.2) is 82.3 Å². The number of hydrogen-bond donors (Lipinski definition) is 0. The normalized spacial score (nSPS) is 13.8. The van der Waals surface area contributed by atoms with Crippen LogP contribution < -0.4 is 5.11 Å². The fourth-order valence-corrected chi connectivity index (χ4v) is 8.44. The van der Waals surface area contributed by atoms with E-state index in [0.29, 0.717) is 17.4 Å². The molecule has 0 aromatic heterocycles. The van der Waals surface area contributed by atoms with Gasteiger partial charge >= 0.3 is 11.9 Å². The van der Waals surface area contributed by atoms with Gasteiger partial charge in [-0.2, -0.15) is 0 Å². The lowest BCUT2D eigenvalue weighted by Gasteiger charge is -2.26. The first-order chi connectivity index (χ1) is 41.6. The molecule has 2 unspecified atom stereocenters. The van der Waals surface area contributed by atoms with Crippen molar-refractivity contribution < 1.29 is 42.9 Å². The van der Waals surface area contributed by atoms with Crippen LogP contribution in [0.3, 0.4) is 0 Å². The fraction of sp³-hybridized carbons (Fsp3) is 0.592. The van der Waals surface area contributed by atoms with E-state index in [4.69, 9.17) is 18.9 Å². The molecule has 0 aliphatic carbocycles. The number of carbonyl (C=O) groups is 3. The van der Waals surface area contributed by atoms with Crippen LogP contribution in [0.25, 0.3) is 0 Å². The van der Waals surface area contributed by atoms with Gasteiger partial charge in [-0.15, -0.1) is 0 Å². The Balaban J connectivity index is 4.27. The molecule has 9 nitrogen and oxygen atoms in total. The molecular weight excluding hydrogens is 1050 g/mol. The van der Waals surface area contributed by atoms with Crippen LogP contribution in [0, 0.1) is 0 Å². The molecule has 0 aromatic rings. The third kappa shape index (κ3) is 66.0. The number of hydrogen-bond acceptors (Lipinski definition) is 8. The van der Waals surface area contributed by atoms with Crippen molar-refractivity contribution in [2.24, 2.45) is 0 Å². The first kappa shape index (κ1) is 79.7. The second-order valence-electron chi connectivity index (χ2n) is 22.6. The van der Waals surface area contributed by atoms with Gasteiger partial charge in [0.25, 0.3) is 0 Å². The molecule has 2 atom stereocenters. The van der Waals surface area contributed by atoms with E-state index in [1.54, 1.807) is 0 Å². The average molecular weight is 1180 g/mol. The topological polar surface area (TPSA) is 111 Å². The van der Waals surface area contributed by atoms with Crippen LogP contribution >= 0.6 is 0 Å². The molecule has 0 saturated heterocycles. The van der Waals surface area contributed by atoms with E-state index in [1.165, 1.54) is 38.5 Å². The van der Waals surface area contributed by atoms with Gasteiger partial charge in [-0.25, -0.2) is 0 Å². The zero-order valence-electron chi connectivity index (χ0n) is 54.4. The molecule has 0 amide bonds. The van der Waals surface area contributed by atoms with Gasteiger partial charge in [0.2, 0.25) is 0 Å². The van der Waals surface area contributed by atoms with Gasteiger partial charge in [-0.3, -0.25) is 9.59 Å². The highest BCUT2D eigenvalue weighted by molar-refractivity contribution is 5.70. The Morgan fingerprint density at radius 2 is 0.635 bits per heavy atom. The Labute approximate surface area is 520 Å². The van der Waals surface area contributed by atoms with Crippen LogP contribution in [0.15, 0.2) is 170 Å². The van der Waals surface area contributed by atoms with Gasteiger partial charge in [0.15, 0.2) is 12.4 Å². The molecule has 0 fully saturated rings. The number of rotatable bonds is 59. The highest BCUT2D eigenvalue weighted by Crippen LogP contribution is 2.15. The first-order valence-corrected chi connectivity index (χ1v) is 33.3. The maximum atomic E-state index is 12.9. The maximum absolute atomic E-state index is 12.9. The Kier molecular flexibility index (Phi) is 60.6. The number of aliphatic carboxylic acids is 1. The first-order valence-electron chi connectivity index (χ1n) is 33.3. The van der Waals surface area contributed by atoms with Crippen molar-refractivity contribution in [3.05, 3.63) is 170 Å². The number of quaternary nitrogens is 1. The Morgan fingerprint density at radius 1 is 0.353 bits per heavy atom.